The molecule has 5 heteroatoms. The van der Waals surface area contributed by atoms with Gasteiger partial charge in [0.15, 0.2) is 0 Å². The van der Waals surface area contributed by atoms with Gasteiger partial charge in [0.05, 0.1) is 0 Å². The van der Waals surface area contributed by atoms with Crippen LogP contribution in [-0.4, -0.2) is 0 Å². The first kappa shape index (κ1) is 9.70. The van der Waals surface area contributed by atoms with E-state index < -0.39 is 11.7 Å². The number of benzene rings is 1. The zero-order chi connectivity index (χ0) is 10.2. The van der Waals surface area contributed by atoms with Gasteiger partial charge in [0.1, 0.15) is 5.56 Å². The van der Waals surface area contributed by atoms with Gasteiger partial charge in [-0.15, -0.1) is 0 Å². The third-order valence-electron chi connectivity index (χ3n) is 1.78. The summed E-state index contributed by atoms with van der Waals surface area (Å²) in [6, 6.07) is 2.66. The Morgan fingerprint density at radius 3 is 2.08 bits per heavy atom. The van der Waals surface area contributed by atoms with Gasteiger partial charge in [-0.05, 0) is 18.6 Å². The van der Waals surface area contributed by atoms with E-state index in [4.69, 9.17) is 11.5 Å². The minimum atomic E-state index is -4.49. The summed E-state index contributed by atoms with van der Waals surface area (Å²) in [5.74, 6) is 0. The third-order valence-corrected chi connectivity index (χ3v) is 1.78. The Kier molecular flexibility index (Phi) is 2.11. The molecule has 0 fully saturated rings. The molecule has 0 heterocycles. The highest BCUT2D eigenvalue weighted by Crippen LogP contribution is 2.38. The highest BCUT2D eigenvalue weighted by Gasteiger charge is 2.35. The number of halogens is 3. The molecule has 0 aromatic heterocycles. The first-order valence-electron chi connectivity index (χ1n) is 3.55. The van der Waals surface area contributed by atoms with Crippen molar-refractivity contribution < 1.29 is 13.2 Å². The van der Waals surface area contributed by atoms with Crippen LogP contribution in [0, 0.1) is 6.92 Å². The number of hydrogen-bond acceptors (Lipinski definition) is 2. The van der Waals surface area contributed by atoms with Gasteiger partial charge in [-0.25, -0.2) is 0 Å². The molecule has 1 rings (SSSR count). The number of rotatable bonds is 0. The molecule has 0 aliphatic rings. The maximum absolute atomic E-state index is 12.3. The van der Waals surface area contributed by atoms with Gasteiger partial charge < -0.3 is 11.5 Å². The molecule has 0 amide bonds. The van der Waals surface area contributed by atoms with E-state index in [1.807, 2.05) is 0 Å². The molecule has 0 saturated heterocycles. The van der Waals surface area contributed by atoms with E-state index >= 15 is 0 Å². The van der Waals surface area contributed by atoms with E-state index in [0.29, 0.717) is 5.56 Å². The van der Waals surface area contributed by atoms with E-state index in [1.165, 1.54) is 19.1 Å². The second-order valence-electron chi connectivity index (χ2n) is 2.76. The first-order valence-corrected chi connectivity index (χ1v) is 3.55. The predicted octanol–water partition coefficient (Wildman–Crippen LogP) is 2.18. The van der Waals surface area contributed by atoms with Gasteiger partial charge in [-0.1, -0.05) is 6.07 Å². The summed E-state index contributed by atoms with van der Waals surface area (Å²) in [5.41, 5.74) is 9.25. The van der Waals surface area contributed by atoms with Crippen molar-refractivity contribution >= 4 is 11.4 Å². The van der Waals surface area contributed by atoms with Crippen molar-refractivity contribution in [2.45, 2.75) is 13.1 Å². The molecule has 0 radical (unpaired) electrons. The molecule has 4 N–H and O–H groups in total. The minimum absolute atomic E-state index is 0.299. The molecule has 2 nitrogen and oxygen atoms in total. The summed E-state index contributed by atoms with van der Waals surface area (Å²) in [6.07, 6.45) is -4.49. The van der Waals surface area contributed by atoms with Crippen LogP contribution in [-0.2, 0) is 6.18 Å². The van der Waals surface area contributed by atoms with Crippen LogP contribution in [0.5, 0.6) is 0 Å². The van der Waals surface area contributed by atoms with Crippen LogP contribution in [0.2, 0.25) is 0 Å². The van der Waals surface area contributed by atoms with E-state index in [1.54, 1.807) is 0 Å². The van der Waals surface area contributed by atoms with Crippen molar-refractivity contribution in [3.05, 3.63) is 23.3 Å². The van der Waals surface area contributed by atoms with Crippen molar-refractivity contribution in [2.24, 2.45) is 0 Å². The van der Waals surface area contributed by atoms with Crippen molar-refractivity contribution in [3.63, 3.8) is 0 Å². The SMILES string of the molecule is Cc1ccc(N)c(C(F)(F)F)c1N. The van der Waals surface area contributed by atoms with Gasteiger partial charge in [0.2, 0.25) is 0 Å². The summed E-state index contributed by atoms with van der Waals surface area (Å²) in [6.45, 7) is 1.50. The molecule has 0 bridgehead atoms. The zero-order valence-corrected chi connectivity index (χ0v) is 6.94. The average molecular weight is 190 g/mol. The molecule has 0 spiro atoms. The lowest BCUT2D eigenvalue weighted by molar-refractivity contribution is -0.136. The highest BCUT2D eigenvalue weighted by atomic mass is 19.4. The van der Waals surface area contributed by atoms with Crippen molar-refractivity contribution in [3.8, 4) is 0 Å². The molecule has 1 aromatic rings. The third kappa shape index (κ3) is 1.68. The Morgan fingerprint density at radius 2 is 1.69 bits per heavy atom. The lowest BCUT2D eigenvalue weighted by Gasteiger charge is -2.14. The second kappa shape index (κ2) is 2.83. The molecule has 0 aliphatic carbocycles. The van der Waals surface area contributed by atoms with Gasteiger partial charge >= 0.3 is 6.18 Å². The van der Waals surface area contributed by atoms with E-state index in [2.05, 4.69) is 0 Å². The number of nitrogen functional groups attached to an aromatic ring is 2. The minimum Gasteiger partial charge on any atom is -0.398 e. The first-order chi connectivity index (χ1) is 5.84. The van der Waals surface area contributed by atoms with Crippen LogP contribution in [0.3, 0.4) is 0 Å². The fourth-order valence-corrected chi connectivity index (χ4v) is 1.06. The molecule has 0 saturated carbocycles. The van der Waals surface area contributed by atoms with Gasteiger partial charge in [-0.2, -0.15) is 13.2 Å². The molecule has 13 heavy (non-hydrogen) atoms. The summed E-state index contributed by atoms with van der Waals surface area (Å²) in [5, 5.41) is 0. The van der Waals surface area contributed by atoms with Crippen LogP contribution >= 0.6 is 0 Å². The fraction of sp³-hybridized carbons (Fsp3) is 0.250. The van der Waals surface area contributed by atoms with E-state index in [9.17, 15) is 13.2 Å². The average Bonchev–Trinajstić information content (AvgIpc) is 1.95. The molecule has 0 aliphatic heterocycles. The number of aryl methyl sites for hydroxylation is 1. The lowest BCUT2D eigenvalue weighted by atomic mass is 10.1. The van der Waals surface area contributed by atoms with Crippen LogP contribution in [0.1, 0.15) is 11.1 Å². The van der Waals surface area contributed by atoms with E-state index in [-0.39, 0.29) is 11.4 Å². The number of hydrogen-bond donors (Lipinski definition) is 2. The van der Waals surface area contributed by atoms with Crippen LogP contribution in [0.15, 0.2) is 12.1 Å². The summed E-state index contributed by atoms with van der Waals surface area (Å²) in [4.78, 5) is 0. The molecular weight excluding hydrogens is 181 g/mol. The normalized spacial score (nSPS) is 11.7. The number of alkyl halides is 3. The van der Waals surface area contributed by atoms with Crippen LogP contribution < -0.4 is 11.5 Å². The van der Waals surface area contributed by atoms with Gasteiger partial charge in [-0.3, -0.25) is 0 Å². The Hall–Kier alpha value is -1.39. The van der Waals surface area contributed by atoms with Gasteiger partial charge in [0.25, 0.3) is 0 Å². The Bertz CT molecular complexity index is 331. The standard InChI is InChI=1S/C8H9F3N2/c1-4-2-3-5(12)6(7(4)13)8(9,10)11/h2-3H,12-13H2,1H3. The van der Waals surface area contributed by atoms with E-state index in [0.717, 1.165) is 0 Å². The monoisotopic (exact) mass is 190 g/mol. The fourth-order valence-electron chi connectivity index (χ4n) is 1.06. The molecule has 1 aromatic carbocycles. The van der Waals surface area contributed by atoms with Gasteiger partial charge in [0, 0.05) is 11.4 Å². The molecule has 72 valence electrons. The Balaban J connectivity index is 3.43. The second-order valence-corrected chi connectivity index (χ2v) is 2.76. The lowest BCUT2D eigenvalue weighted by Crippen LogP contribution is -2.13. The van der Waals surface area contributed by atoms with Crippen molar-refractivity contribution in [2.75, 3.05) is 11.5 Å². The van der Waals surface area contributed by atoms with Crippen LogP contribution in [0.25, 0.3) is 0 Å². The Labute approximate surface area is 73.3 Å². The predicted molar refractivity (Wildman–Crippen MR) is 45.0 cm³/mol. The maximum atomic E-state index is 12.3. The topological polar surface area (TPSA) is 52.0 Å². The smallest absolute Gasteiger partial charge is 0.398 e. The van der Waals surface area contributed by atoms with Crippen molar-refractivity contribution in [1.82, 2.24) is 0 Å². The summed E-state index contributed by atoms with van der Waals surface area (Å²) in [7, 11) is 0. The van der Waals surface area contributed by atoms with Crippen LogP contribution in [0.4, 0.5) is 24.5 Å². The quantitative estimate of drug-likeness (QED) is 0.616. The molecule has 0 atom stereocenters. The number of anilines is 2. The summed E-state index contributed by atoms with van der Waals surface area (Å²) >= 11 is 0. The highest BCUT2D eigenvalue weighted by molar-refractivity contribution is 5.66. The summed E-state index contributed by atoms with van der Waals surface area (Å²) < 4.78 is 37.0. The largest absolute Gasteiger partial charge is 0.420 e. The zero-order valence-electron chi connectivity index (χ0n) is 6.94. The van der Waals surface area contributed by atoms with Crippen molar-refractivity contribution in [1.29, 1.82) is 0 Å². The molecular formula is C8H9F3N2. The maximum Gasteiger partial charge on any atom is 0.420 e. The molecule has 0 unspecified atom stereocenters. The number of nitrogens with two attached hydrogens (primary N) is 2. The Morgan fingerprint density at radius 1 is 1.15 bits per heavy atom.